The number of methoxy groups -OCH3 is 1. The molecule has 0 aliphatic carbocycles. The lowest BCUT2D eigenvalue weighted by Gasteiger charge is -2.12. The standard InChI is InChI=1S/C18H18BrFN2O3/c1-4-25-17-15(19)9-13(10-16(17)24-3)18(23)22-21-11(2)12-5-7-14(20)8-6-12/h5-10H,4H2,1-3H3,(H,22,23)/b21-11-. The summed E-state index contributed by atoms with van der Waals surface area (Å²) in [6.07, 6.45) is 0. The molecule has 132 valence electrons. The summed E-state index contributed by atoms with van der Waals surface area (Å²) in [5.41, 5.74) is 4.12. The van der Waals surface area contributed by atoms with E-state index in [1.54, 1.807) is 31.2 Å². The highest BCUT2D eigenvalue weighted by atomic mass is 79.9. The Kier molecular flexibility index (Phi) is 6.52. The first-order valence-electron chi connectivity index (χ1n) is 7.57. The molecule has 0 radical (unpaired) electrons. The molecule has 0 aromatic heterocycles. The zero-order valence-electron chi connectivity index (χ0n) is 14.1. The van der Waals surface area contributed by atoms with E-state index in [1.807, 2.05) is 6.92 Å². The van der Waals surface area contributed by atoms with E-state index < -0.39 is 5.91 Å². The van der Waals surface area contributed by atoms with Gasteiger partial charge in [0.15, 0.2) is 11.5 Å². The molecule has 7 heteroatoms. The Bertz CT molecular complexity index is 792. The van der Waals surface area contributed by atoms with Gasteiger partial charge in [0.05, 0.1) is 23.9 Å². The molecule has 0 saturated heterocycles. The van der Waals surface area contributed by atoms with Gasteiger partial charge in [-0.3, -0.25) is 4.79 Å². The lowest BCUT2D eigenvalue weighted by molar-refractivity contribution is 0.0954. The Morgan fingerprint density at radius 2 is 1.92 bits per heavy atom. The lowest BCUT2D eigenvalue weighted by Crippen LogP contribution is -2.19. The van der Waals surface area contributed by atoms with Gasteiger partial charge in [-0.05, 0) is 59.6 Å². The van der Waals surface area contributed by atoms with Crippen LogP contribution in [0.15, 0.2) is 46.0 Å². The quantitative estimate of drug-likeness (QED) is 0.576. The average molecular weight is 409 g/mol. The number of hydrazone groups is 1. The molecule has 1 amide bonds. The summed E-state index contributed by atoms with van der Waals surface area (Å²) in [6, 6.07) is 9.07. The van der Waals surface area contributed by atoms with Crippen molar-refractivity contribution in [3.8, 4) is 11.5 Å². The summed E-state index contributed by atoms with van der Waals surface area (Å²) in [5, 5.41) is 4.05. The minimum atomic E-state index is -0.400. The zero-order chi connectivity index (χ0) is 18.4. The van der Waals surface area contributed by atoms with E-state index in [0.29, 0.717) is 39.4 Å². The molecule has 1 N–H and O–H groups in total. The van der Waals surface area contributed by atoms with E-state index in [2.05, 4.69) is 26.5 Å². The molecule has 2 aromatic rings. The van der Waals surface area contributed by atoms with Gasteiger partial charge < -0.3 is 9.47 Å². The fourth-order valence-corrected chi connectivity index (χ4v) is 2.65. The Morgan fingerprint density at radius 3 is 2.52 bits per heavy atom. The van der Waals surface area contributed by atoms with Crippen LogP contribution in [0.4, 0.5) is 4.39 Å². The van der Waals surface area contributed by atoms with E-state index in [1.165, 1.54) is 19.2 Å². The summed E-state index contributed by atoms with van der Waals surface area (Å²) in [5.74, 6) is 0.253. The number of carbonyl (C=O) groups is 1. The molecule has 0 unspecified atom stereocenters. The predicted octanol–water partition coefficient (Wildman–Crippen LogP) is 4.15. The number of carbonyl (C=O) groups excluding carboxylic acids is 1. The van der Waals surface area contributed by atoms with E-state index in [9.17, 15) is 9.18 Å². The van der Waals surface area contributed by atoms with Gasteiger partial charge in [0.2, 0.25) is 0 Å². The van der Waals surface area contributed by atoms with Crippen molar-refractivity contribution in [2.75, 3.05) is 13.7 Å². The molecule has 0 bridgehead atoms. The van der Waals surface area contributed by atoms with Gasteiger partial charge in [-0.15, -0.1) is 0 Å². The number of amides is 1. The number of rotatable bonds is 6. The number of halogens is 2. The molecular formula is C18H18BrFN2O3. The molecule has 25 heavy (non-hydrogen) atoms. The van der Waals surface area contributed by atoms with Gasteiger partial charge >= 0.3 is 0 Å². The lowest BCUT2D eigenvalue weighted by atomic mass is 10.1. The fraction of sp³-hybridized carbons (Fsp3) is 0.222. The van der Waals surface area contributed by atoms with Crippen LogP contribution in [0, 0.1) is 5.82 Å². The maximum atomic E-state index is 12.9. The predicted molar refractivity (Wildman–Crippen MR) is 97.9 cm³/mol. The number of hydrogen-bond acceptors (Lipinski definition) is 4. The molecule has 0 aliphatic rings. The van der Waals surface area contributed by atoms with Crippen molar-refractivity contribution in [2.24, 2.45) is 5.10 Å². The highest BCUT2D eigenvalue weighted by Gasteiger charge is 2.15. The van der Waals surface area contributed by atoms with E-state index in [4.69, 9.17) is 9.47 Å². The van der Waals surface area contributed by atoms with Gasteiger partial charge in [0.25, 0.3) is 5.91 Å². The van der Waals surface area contributed by atoms with Crippen LogP contribution in [-0.2, 0) is 0 Å². The van der Waals surface area contributed by atoms with Crippen molar-refractivity contribution in [3.63, 3.8) is 0 Å². The minimum absolute atomic E-state index is 0.327. The number of nitrogens with one attached hydrogen (secondary N) is 1. The zero-order valence-corrected chi connectivity index (χ0v) is 15.7. The molecule has 0 atom stereocenters. The third-order valence-electron chi connectivity index (χ3n) is 3.37. The Hall–Kier alpha value is -2.41. The fourth-order valence-electron chi connectivity index (χ4n) is 2.09. The van der Waals surface area contributed by atoms with Gasteiger partial charge in [-0.25, -0.2) is 9.82 Å². The topological polar surface area (TPSA) is 59.9 Å². The minimum Gasteiger partial charge on any atom is -0.493 e. The first-order chi connectivity index (χ1) is 12.0. The van der Waals surface area contributed by atoms with Gasteiger partial charge in [-0.1, -0.05) is 12.1 Å². The average Bonchev–Trinajstić information content (AvgIpc) is 2.61. The third-order valence-corrected chi connectivity index (χ3v) is 3.96. The number of benzene rings is 2. The molecule has 0 heterocycles. The Morgan fingerprint density at radius 1 is 1.24 bits per heavy atom. The molecule has 2 aromatic carbocycles. The van der Waals surface area contributed by atoms with Crippen molar-refractivity contribution in [2.45, 2.75) is 13.8 Å². The van der Waals surface area contributed by atoms with E-state index in [-0.39, 0.29) is 5.82 Å². The summed E-state index contributed by atoms with van der Waals surface area (Å²) in [4.78, 5) is 12.3. The van der Waals surface area contributed by atoms with Crippen LogP contribution < -0.4 is 14.9 Å². The summed E-state index contributed by atoms with van der Waals surface area (Å²) < 4.78 is 24.3. The maximum Gasteiger partial charge on any atom is 0.271 e. The summed E-state index contributed by atoms with van der Waals surface area (Å²) in [7, 11) is 1.50. The SMILES string of the molecule is CCOc1c(Br)cc(C(=O)N/N=C(/C)c2ccc(F)cc2)cc1OC. The smallest absolute Gasteiger partial charge is 0.271 e. The summed E-state index contributed by atoms with van der Waals surface area (Å²) in [6.45, 7) is 4.06. The molecule has 2 rings (SSSR count). The molecule has 0 spiro atoms. The van der Waals surface area contributed by atoms with E-state index >= 15 is 0 Å². The number of nitrogens with zero attached hydrogens (tertiary/aromatic N) is 1. The van der Waals surface area contributed by atoms with Crippen LogP contribution >= 0.6 is 15.9 Å². The highest BCUT2D eigenvalue weighted by molar-refractivity contribution is 9.10. The summed E-state index contributed by atoms with van der Waals surface area (Å²) >= 11 is 3.38. The van der Waals surface area contributed by atoms with Crippen molar-refractivity contribution >= 4 is 27.5 Å². The van der Waals surface area contributed by atoms with Gasteiger partial charge in [0, 0.05) is 5.56 Å². The van der Waals surface area contributed by atoms with Crippen LogP contribution in [-0.4, -0.2) is 25.3 Å². The van der Waals surface area contributed by atoms with Gasteiger partial charge in [0.1, 0.15) is 5.82 Å². The van der Waals surface area contributed by atoms with Crippen LogP contribution in [0.2, 0.25) is 0 Å². The maximum absolute atomic E-state index is 12.9. The van der Waals surface area contributed by atoms with Crippen molar-refractivity contribution in [3.05, 3.63) is 57.8 Å². The van der Waals surface area contributed by atoms with Crippen LogP contribution in [0.3, 0.4) is 0 Å². The second-order valence-corrected chi connectivity index (χ2v) is 5.92. The molecule has 0 saturated carbocycles. The van der Waals surface area contributed by atoms with Crippen LogP contribution in [0.5, 0.6) is 11.5 Å². The first kappa shape index (κ1) is 18.9. The Balaban J connectivity index is 2.19. The largest absolute Gasteiger partial charge is 0.493 e. The molecule has 5 nitrogen and oxygen atoms in total. The van der Waals surface area contributed by atoms with E-state index in [0.717, 1.165) is 0 Å². The highest BCUT2D eigenvalue weighted by Crippen LogP contribution is 2.36. The monoisotopic (exact) mass is 408 g/mol. The van der Waals surface area contributed by atoms with Crippen molar-refractivity contribution in [1.29, 1.82) is 0 Å². The van der Waals surface area contributed by atoms with Crippen molar-refractivity contribution < 1.29 is 18.7 Å². The number of hydrogen-bond donors (Lipinski definition) is 1. The van der Waals surface area contributed by atoms with Gasteiger partial charge in [-0.2, -0.15) is 5.10 Å². The second-order valence-electron chi connectivity index (χ2n) is 5.07. The molecular weight excluding hydrogens is 391 g/mol. The van der Waals surface area contributed by atoms with Crippen LogP contribution in [0.25, 0.3) is 0 Å². The first-order valence-corrected chi connectivity index (χ1v) is 8.36. The normalized spacial score (nSPS) is 11.2. The molecule has 0 fully saturated rings. The second kappa shape index (κ2) is 8.62. The number of ether oxygens (including phenoxy) is 2. The molecule has 0 aliphatic heterocycles. The van der Waals surface area contributed by atoms with Crippen LogP contribution in [0.1, 0.15) is 29.8 Å². The Labute approximate surface area is 154 Å². The third kappa shape index (κ3) is 4.79. The van der Waals surface area contributed by atoms with Crippen molar-refractivity contribution in [1.82, 2.24) is 5.43 Å².